The zero-order valence-electron chi connectivity index (χ0n) is 9.80. The monoisotopic (exact) mass is 339 g/mol. The van der Waals surface area contributed by atoms with Crippen molar-refractivity contribution < 1.29 is 5.11 Å². The van der Waals surface area contributed by atoms with E-state index >= 15 is 0 Å². The Balaban J connectivity index is 1.86. The molecule has 0 aliphatic carbocycles. The molecule has 2 aromatic carbocycles. The molecule has 0 aliphatic heterocycles. The van der Waals surface area contributed by atoms with Gasteiger partial charge in [-0.25, -0.2) is 0 Å². The van der Waals surface area contributed by atoms with Gasteiger partial charge in [-0.15, -0.1) is 0 Å². The molecule has 0 saturated heterocycles. The molecule has 0 aliphatic rings. The number of fused-ring (bicyclic) bond motifs is 1. The SMILES string of the molecule is Oc1ccc(Cl)cc1CNc1cccc2n[se]nc12. The summed E-state index contributed by atoms with van der Waals surface area (Å²) in [6.07, 6.45) is 0. The Morgan fingerprint density at radius 1 is 1.21 bits per heavy atom. The molecule has 3 rings (SSSR count). The predicted molar refractivity (Wildman–Crippen MR) is 76.9 cm³/mol. The van der Waals surface area contributed by atoms with Crippen LogP contribution in [0.2, 0.25) is 5.02 Å². The maximum absolute atomic E-state index is 9.77. The summed E-state index contributed by atoms with van der Waals surface area (Å²) in [6.45, 7) is 0.491. The van der Waals surface area contributed by atoms with Crippen LogP contribution in [-0.4, -0.2) is 28.0 Å². The van der Waals surface area contributed by atoms with E-state index in [0.717, 1.165) is 22.3 Å². The van der Waals surface area contributed by atoms with Crippen LogP contribution in [0.25, 0.3) is 11.0 Å². The molecule has 1 heterocycles. The van der Waals surface area contributed by atoms with E-state index in [1.165, 1.54) is 0 Å². The van der Waals surface area contributed by atoms with Crippen molar-refractivity contribution in [3.63, 3.8) is 0 Å². The van der Waals surface area contributed by atoms with E-state index < -0.39 is 0 Å². The van der Waals surface area contributed by atoms with E-state index in [0.29, 0.717) is 11.6 Å². The van der Waals surface area contributed by atoms with Crippen molar-refractivity contribution in [1.82, 2.24) is 7.96 Å². The summed E-state index contributed by atoms with van der Waals surface area (Å²) in [6, 6.07) is 10.9. The summed E-state index contributed by atoms with van der Waals surface area (Å²) in [5.41, 5.74) is 3.52. The van der Waals surface area contributed by atoms with Gasteiger partial charge >= 0.3 is 121 Å². The van der Waals surface area contributed by atoms with Crippen LogP contribution in [0.15, 0.2) is 36.4 Å². The van der Waals surface area contributed by atoms with Gasteiger partial charge in [-0.05, 0) is 0 Å². The second-order valence-electron chi connectivity index (χ2n) is 4.06. The third-order valence-corrected chi connectivity index (χ3v) is 4.17. The van der Waals surface area contributed by atoms with Gasteiger partial charge in [0.05, 0.1) is 0 Å². The fourth-order valence-electron chi connectivity index (χ4n) is 1.83. The zero-order valence-corrected chi connectivity index (χ0v) is 12.3. The van der Waals surface area contributed by atoms with Gasteiger partial charge in [0.25, 0.3) is 0 Å². The van der Waals surface area contributed by atoms with Gasteiger partial charge in [-0.1, -0.05) is 0 Å². The van der Waals surface area contributed by atoms with E-state index in [9.17, 15) is 5.11 Å². The molecule has 0 amide bonds. The standard InChI is InChI=1S/C13H10ClN3OSe/c14-9-4-5-12(18)8(6-9)7-15-10-2-1-3-11-13(10)17-19-16-11/h1-6,15,18H,7H2. The van der Waals surface area contributed by atoms with Gasteiger partial charge in [-0.3, -0.25) is 0 Å². The number of hydrogen-bond donors (Lipinski definition) is 2. The van der Waals surface area contributed by atoms with Crippen LogP contribution in [0.4, 0.5) is 5.69 Å². The molecule has 0 fully saturated rings. The van der Waals surface area contributed by atoms with Crippen LogP contribution < -0.4 is 5.32 Å². The van der Waals surface area contributed by atoms with Crippen LogP contribution in [0.5, 0.6) is 5.75 Å². The average molecular weight is 339 g/mol. The molecular formula is C13H10ClN3OSe. The van der Waals surface area contributed by atoms with Gasteiger partial charge in [-0.2, -0.15) is 0 Å². The van der Waals surface area contributed by atoms with Crippen molar-refractivity contribution in [3.8, 4) is 5.75 Å². The zero-order chi connectivity index (χ0) is 13.2. The Bertz CT molecular complexity index is 729. The van der Waals surface area contributed by atoms with Gasteiger partial charge in [0.2, 0.25) is 0 Å². The normalized spacial score (nSPS) is 10.8. The number of hydrogen-bond acceptors (Lipinski definition) is 4. The molecule has 96 valence electrons. The summed E-state index contributed by atoms with van der Waals surface area (Å²) in [5.74, 6) is 0.232. The number of nitrogens with zero attached hydrogens (tertiary/aromatic N) is 2. The Labute approximate surface area is 121 Å². The van der Waals surface area contributed by atoms with Gasteiger partial charge in [0.15, 0.2) is 0 Å². The first kappa shape index (κ1) is 12.5. The van der Waals surface area contributed by atoms with Crippen LogP contribution in [0.1, 0.15) is 5.56 Å². The van der Waals surface area contributed by atoms with E-state index in [2.05, 4.69) is 13.3 Å². The first-order chi connectivity index (χ1) is 9.24. The number of aromatic hydroxyl groups is 1. The molecule has 0 unspecified atom stereocenters. The first-order valence-corrected chi connectivity index (χ1v) is 7.57. The summed E-state index contributed by atoms with van der Waals surface area (Å²) in [7, 11) is 0. The maximum atomic E-state index is 9.77. The molecule has 3 aromatic rings. The Kier molecular flexibility index (Phi) is 3.42. The number of nitrogens with one attached hydrogen (secondary N) is 1. The summed E-state index contributed by atoms with van der Waals surface area (Å²) >= 11 is 5.88. The van der Waals surface area contributed by atoms with Crippen LogP contribution in [0, 0.1) is 0 Å². The average Bonchev–Trinajstić information content (AvgIpc) is 2.88. The molecule has 1 aromatic heterocycles. The number of phenolic OH excluding ortho intramolecular Hbond substituents is 1. The van der Waals surface area contributed by atoms with Crippen molar-refractivity contribution >= 4 is 43.3 Å². The van der Waals surface area contributed by atoms with Crippen LogP contribution in [0.3, 0.4) is 0 Å². The van der Waals surface area contributed by atoms with Crippen molar-refractivity contribution in [2.45, 2.75) is 6.54 Å². The second kappa shape index (κ2) is 5.21. The number of rotatable bonds is 3. The first-order valence-electron chi connectivity index (χ1n) is 5.66. The Hall–Kier alpha value is -1.55. The summed E-state index contributed by atoms with van der Waals surface area (Å²) in [4.78, 5) is 0. The van der Waals surface area contributed by atoms with E-state index in [4.69, 9.17) is 11.6 Å². The molecule has 0 atom stereocenters. The molecule has 0 radical (unpaired) electrons. The van der Waals surface area contributed by atoms with E-state index in [-0.39, 0.29) is 20.7 Å². The number of aromatic nitrogens is 2. The van der Waals surface area contributed by atoms with Crippen molar-refractivity contribution in [2.75, 3.05) is 5.32 Å². The van der Waals surface area contributed by atoms with Crippen molar-refractivity contribution in [2.24, 2.45) is 0 Å². The quantitative estimate of drug-likeness (QED) is 0.721. The minimum atomic E-state index is -0.0433. The van der Waals surface area contributed by atoms with Crippen LogP contribution >= 0.6 is 11.6 Å². The predicted octanol–water partition coefficient (Wildman–Crippen LogP) is 2.66. The Morgan fingerprint density at radius 3 is 3.00 bits per heavy atom. The van der Waals surface area contributed by atoms with Gasteiger partial charge in [0.1, 0.15) is 0 Å². The molecule has 2 N–H and O–H groups in total. The summed E-state index contributed by atoms with van der Waals surface area (Å²) < 4.78 is 8.73. The van der Waals surface area contributed by atoms with E-state index in [1.807, 2.05) is 18.2 Å². The molecular weight excluding hydrogens is 329 g/mol. The molecule has 19 heavy (non-hydrogen) atoms. The topological polar surface area (TPSA) is 58.0 Å². The molecule has 0 bridgehead atoms. The fourth-order valence-corrected chi connectivity index (χ4v) is 3.18. The molecule has 0 spiro atoms. The number of anilines is 1. The van der Waals surface area contributed by atoms with Crippen LogP contribution in [-0.2, 0) is 6.54 Å². The van der Waals surface area contributed by atoms with Gasteiger partial charge in [0, 0.05) is 0 Å². The van der Waals surface area contributed by atoms with Crippen molar-refractivity contribution in [1.29, 1.82) is 0 Å². The third-order valence-electron chi connectivity index (χ3n) is 2.80. The molecule has 6 heteroatoms. The number of phenols is 1. The molecule has 4 nitrogen and oxygen atoms in total. The van der Waals surface area contributed by atoms with Crippen molar-refractivity contribution in [3.05, 3.63) is 47.0 Å². The fraction of sp³-hybridized carbons (Fsp3) is 0.0769. The summed E-state index contributed by atoms with van der Waals surface area (Å²) in [5, 5.41) is 13.6. The number of benzene rings is 2. The Morgan fingerprint density at radius 2 is 2.11 bits per heavy atom. The third kappa shape index (κ3) is 2.59. The molecule has 0 saturated carbocycles. The van der Waals surface area contributed by atoms with Gasteiger partial charge < -0.3 is 0 Å². The second-order valence-corrected chi connectivity index (χ2v) is 5.61. The minimum absolute atomic E-state index is 0.0433. The van der Waals surface area contributed by atoms with E-state index in [1.54, 1.807) is 18.2 Å². The number of halogens is 1.